The molecule has 1 N–H and O–H groups in total. The first-order valence-electron chi connectivity index (χ1n) is 5.66. The lowest BCUT2D eigenvalue weighted by atomic mass is 10.1. The van der Waals surface area contributed by atoms with Crippen molar-refractivity contribution >= 4 is 23.3 Å². The van der Waals surface area contributed by atoms with Gasteiger partial charge in [0.25, 0.3) is 0 Å². The van der Waals surface area contributed by atoms with Crippen molar-refractivity contribution in [3.63, 3.8) is 0 Å². The molecule has 17 heavy (non-hydrogen) atoms. The molecule has 0 saturated carbocycles. The second-order valence-electron chi connectivity index (χ2n) is 4.05. The molecule has 1 aliphatic heterocycles. The highest BCUT2D eigenvalue weighted by atomic mass is 35.5. The minimum absolute atomic E-state index is 0.0155. The van der Waals surface area contributed by atoms with Crippen molar-refractivity contribution in [3.8, 4) is 0 Å². The number of nitrogens with zero attached hydrogens (tertiary/aromatic N) is 3. The van der Waals surface area contributed by atoms with Crippen LogP contribution in [0.1, 0.15) is 12.8 Å². The Morgan fingerprint density at radius 3 is 3.18 bits per heavy atom. The van der Waals surface area contributed by atoms with Gasteiger partial charge in [0.2, 0.25) is 5.91 Å². The lowest BCUT2D eigenvalue weighted by Gasteiger charge is -2.33. The van der Waals surface area contributed by atoms with E-state index in [-0.39, 0.29) is 17.8 Å². The van der Waals surface area contributed by atoms with Gasteiger partial charge in [-0.05, 0) is 12.8 Å². The number of rotatable bonds is 3. The molecule has 92 valence electrons. The Hall–Kier alpha value is -1.36. The summed E-state index contributed by atoms with van der Waals surface area (Å²) in [5.74, 6) is 0.761. The predicted octanol–water partition coefficient (Wildman–Crippen LogP) is 0.800. The largest absolute Gasteiger partial charge is 0.353 e. The Morgan fingerprint density at radius 1 is 1.59 bits per heavy atom. The van der Waals surface area contributed by atoms with Crippen molar-refractivity contribution < 1.29 is 4.79 Å². The van der Waals surface area contributed by atoms with Gasteiger partial charge < -0.3 is 10.2 Å². The van der Waals surface area contributed by atoms with Crippen LogP contribution < -0.4 is 10.2 Å². The molecule has 0 radical (unpaired) electrons. The topological polar surface area (TPSA) is 58.1 Å². The fraction of sp³-hybridized carbons (Fsp3) is 0.545. The molecule has 2 heterocycles. The Morgan fingerprint density at radius 2 is 2.47 bits per heavy atom. The van der Waals surface area contributed by atoms with Crippen LogP contribution in [-0.2, 0) is 4.79 Å². The molecule has 1 aromatic heterocycles. The molecule has 1 aromatic rings. The minimum atomic E-state index is -0.113. The van der Waals surface area contributed by atoms with E-state index in [2.05, 4.69) is 20.2 Å². The van der Waals surface area contributed by atoms with Crippen LogP contribution in [0.5, 0.6) is 0 Å². The highest BCUT2D eigenvalue weighted by Gasteiger charge is 2.21. The SMILES string of the molecule is O=C(CCl)NC1CCCN(c2cnccn2)C1. The number of anilines is 1. The number of halogens is 1. The number of amides is 1. The molecule has 0 bridgehead atoms. The lowest BCUT2D eigenvalue weighted by molar-refractivity contribution is -0.119. The molecular formula is C11H15ClN4O. The first-order valence-corrected chi connectivity index (χ1v) is 6.19. The summed E-state index contributed by atoms with van der Waals surface area (Å²) in [6.07, 6.45) is 7.09. The summed E-state index contributed by atoms with van der Waals surface area (Å²) in [5.41, 5.74) is 0. The van der Waals surface area contributed by atoms with Crippen LogP contribution in [0.4, 0.5) is 5.82 Å². The van der Waals surface area contributed by atoms with Gasteiger partial charge in [-0.15, -0.1) is 11.6 Å². The second-order valence-corrected chi connectivity index (χ2v) is 4.32. The van der Waals surface area contributed by atoms with Gasteiger partial charge in [0, 0.05) is 31.5 Å². The fourth-order valence-corrected chi connectivity index (χ4v) is 2.10. The average Bonchev–Trinajstić information content (AvgIpc) is 2.40. The molecule has 5 nitrogen and oxygen atoms in total. The number of carbonyl (C=O) groups excluding carboxylic acids is 1. The molecule has 2 rings (SSSR count). The molecule has 1 atom stereocenters. The zero-order valence-electron chi connectivity index (χ0n) is 9.47. The molecule has 1 saturated heterocycles. The summed E-state index contributed by atoms with van der Waals surface area (Å²) in [5, 5.41) is 2.91. The third kappa shape index (κ3) is 3.30. The maximum Gasteiger partial charge on any atom is 0.235 e. The van der Waals surface area contributed by atoms with E-state index >= 15 is 0 Å². The van der Waals surface area contributed by atoms with Crippen LogP contribution >= 0.6 is 11.6 Å². The zero-order valence-corrected chi connectivity index (χ0v) is 10.2. The van der Waals surface area contributed by atoms with Gasteiger partial charge in [0.1, 0.15) is 11.7 Å². The minimum Gasteiger partial charge on any atom is -0.353 e. The van der Waals surface area contributed by atoms with E-state index in [9.17, 15) is 4.79 Å². The van der Waals surface area contributed by atoms with E-state index in [1.54, 1.807) is 18.6 Å². The first kappa shape index (κ1) is 12.1. The zero-order chi connectivity index (χ0) is 12.1. The van der Waals surface area contributed by atoms with Gasteiger partial charge in [-0.3, -0.25) is 9.78 Å². The summed E-state index contributed by atoms with van der Waals surface area (Å²) in [6.45, 7) is 1.72. The van der Waals surface area contributed by atoms with E-state index in [0.717, 1.165) is 31.7 Å². The predicted molar refractivity (Wildman–Crippen MR) is 66.1 cm³/mol. The van der Waals surface area contributed by atoms with E-state index in [0.29, 0.717) is 0 Å². The maximum absolute atomic E-state index is 11.2. The van der Waals surface area contributed by atoms with E-state index in [4.69, 9.17) is 11.6 Å². The van der Waals surface area contributed by atoms with E-state index < -0.39 is 0 Å². The van der Waals surface area contributed by atoms with Gasteiger partial charge in [-0.2, -0.15) is 0 Å². The quantitative estimate of drug-likeness (QED) is 0.811. The van der Waals surface area contributed by atoms with Gasteiger partial charge in [0.05, 0.1) is 6.20 Å². The Labute approximate surface area is 105 Å². The molecule has 6 heteroatoms. The third-order valence-corrected chi connectivity index (χ3v) is 3.02. The fourth-order valence-electron chi connectivity index (χ4n) is 2.02. The monoisotopic (exact) mass is 254 g/mol. The van der Waals surface area contributed by atoms with Crippen LogP contribution in [0.2, 0.25) is 0 Å². The number of nitrogens with one attached hydrogen (secondary N) is 1. The van der Waals surface area contributed by atoms with Gasteiger partial charge in [-0.1, -0.05) is 0 Å². The lowest BCUT2D eigenvalue weighted by Crippen LogP contribution is -2.48. The number of aromatic nitrogens is 2. The number of carbonyl (C=O) groups is 1. The summed E-state index contributed by atoms with van der Waals surface area (Å²) in [4.78, 5) is 21.7. The highest BCUT2D eigenvalue weighted by molar-refractivity contribution is 6.27. The second kappa shape index (κ2) is 5.82. The number of alkyl halides is 1. The van der Waals surface area contributed by atoms with Crippen LogP contribution in [-0.4, -0.2) is 40.9 Å². The van der Waals surface area contributed by atoms with Crippen molar-refractivity contribution in [1.29, 1.82) is 0 Å². The van der Waals surface area contributed by atoms with E-state index in [1.807, 2.05) is 0 Å². The van der Waals surface area contributed by atoms with Crippen LogP contribution in [0.3, 0.4) is 0 Å². The number of hydrogen-bond donors (Lipinski definition) is 1. The molecule has 0 spiro atoms. The van der Waals surface area contributed by atoms with Gasteiger partial charge in [0.15, 0.2) is 0 Å². The molecular weight excluding hydrogens is 240 g/mol. The first-order chi connectivity index (χ1) is 8.29. The smallest absolute Gasteiger partial charge is 0.235 e. The Kier molecular flexibility index (Phi) is 4.14. The molecule has 1 amide bonds. The Bertz CT molecular complexity index is 373. The molecule has 0 aliphatic carbocycles. The molecule has 1 unspecified atom stereocenters. The Balaban J connectivity index is 1.95. The average molecular weight is 255 g/mol. The van der Waals surface area contributed by atoms with Crippen molar-refractivity contribution in [3.05, 3.63) is 18.6 Å². The molecule has 1 aliphatic rings. The summed E-state index contributed by atoms with van der Waals surface area (Å²) >= 11 is 5.48. The van der Waals surface area contributed by atoms with Crippen molar-refractivity contribution in [2.45, 2.75) is 18.9 Å². The molecule has 1 fully saturated rings. The van der Waals surface area contributed by atoms with Crippen LogP contribution in [0.25, 0.3) is 0 Å². The summed E-state index contributed by atoms with van der Waals surface area (Å²) in [7, 11) is 0. The van der Waals surface area contributed by atoms with Crippen molar-refractivity contribution in [2.24, 2.45) is 0 Å². The summed E-state index contributed by atoms with van der Waals surface area (Å²) < 4.78 is 0. The standard InChI is InChI=1S/C11H15ClN4O/c12-6-11(17)15-9-2-1-5-16(8-9)10-7-13-3-4-14-10/h3-4,7,9H,1-2,5-6,8H2,(H,15,17). The van der Waals surface area contributed by atoms with Crippen LogP contribution in [0.15, 0.2) is 18.6 Å². The van der Waals surface area contributed by atoms with Crippen molar-refractivity contribution in [2.75, 3.05) is 23.9 Å². The number of piperidine rings is 1. The third-order valence-electron chi connectivity index (χ3n) is 2.78. The van der Waals surface area contributed by atoms with Crippen molar-refractivity contribution in [1.82, 2.24) is 15.3 Å². The van der Waals surface area contributed by atoms with Crippen LogP contribution in [0, 0.1) is 0 Å². The van der Waals surface area contributed by atoms with Gasteiger partial charge in [-0.25, -0.2) is 4.98 Å². The normalized spacial score (nSPS) is 20.1. The molecule has 0 aromatic carbocycles. The van der Waals surface area contributed by atoms with Gasteiger partial charge >= 0.3 is 0 Å². The maximum atomic E-state index is 11.2. The van der Waals surface area contributed by atoms with E-state index in [1.165, 1.54) is 0 Å². The highest BCUT2D eigenvalue weighted by Crippen LogP contribution is 2.16. The summed E-state index contributed by atoms with van der Waals surface area (Å²) in [6, 6.07) is 0.150. The number of hydrogen-bond acceptors (Lipinski definition) is 4.